The second kappa shape index (κ2) is 5.90. The summed E-state index contributed by atoms with van der Waals surface area (Å²) < 4.78 is 26.3. The zero-order valence-electron chi connectivity index (χ0n) is 10.2. The minimum Gasteiger partial charge on any atom is -0.352 e. The van der Waals surface area contributed by atoms with Crippen molar-refractivity contribution in [2.24, 2.45) is 0 Å². The molecule has 2 rings (SSSR count). The molecule has 104 valence electrons. The summed E-state index contributed by atoms with van der Waals surface area (Å²) in [6.07, 6.45) is 1.12. The van der Waals surface area contributed by atoms with Crippen LogP contribution in [0.3, 0.4) is 0 Å². The van der Waals surface area contributed by atoms with Crippen LogP contribution in [0.1, 0.15) is 18.4 Å². The molecule has 0 radical (unpaired) electrons. The van der Waals surface area contributed by atoms with E-state index in [-0.39, 0.29) is 24.2 Å². The average molecular weight is 303 g/mol. The topological polar surface area (TPSA) is 75.3 Å². The summed E-state index contributed by atoms with van der Waals surface area (Å²) >= 11 is 5.93. The van der Waals surface area contributed by atoms with E-state index in [0.29, 0.717) is 23.4 Å². The average Bonchev–Trinajstić information content (AvgIpc) is 2.76. The Morgan fingerprint density at radius 1 is 1.37 bits per heavy atom. The highest BCUT2D eigenvalue weighted by atomic mass is 35.5. The Morgan fingerprint density at radius 2 is 2.11 bits per heavy atom. The van der Waals surface area contributed by atoms with Crippen molar-refractivity contribution in [3.05, 3.63) is 34.9 Å². The molecule has 1 fully saturated rings. The maximum atomic E-state index is 11.9. The highest BCUT2D eigenvalue weighted by molar-refractivity contribution is 7.88. The number of sulfonamides is 1. The fourth-order valence-electron chi connectivity index (χ4n) is 1.93. The lowest BCUT2D eigenvalue weighted by atomic mass is 10.2. The molecular formula is C12H15ClN2O3S. The lowest BCUT2D eigenvalue weighted by molar-refractivity contribution is -0.119. The van der Waals surface area contributed by atoms with Crippen LogP contribution in [0, 0.1) is 0 Å². The fraction of sp³-hybridized carbons (Fsp3) is 0.417. The van der Waals surface area contributed by atoms with Crippen LogP contribution in [0.2, 0.25) is 5.02 Å². The van der Waals surface area contributed by atoms with Crippen LogP contribution in [0.25, 0.3) is 0 Å². The zero-order chi connectivity index (χ0) is 13.9. The Morgan fingerprint density at radius 3 is 2.74 bits per heavy atom. The molecule has 0 saturated carbocycles. The Bertz CT molecular complexity index is 574. The molecule has 1 aliphatic heterocycles. The third kappa shape index (κ3) is 4.19. The number of carbonyl (C=O) groups excluding carboxylic acids is 1. The Kier molecular flexibility index (Phi) is 4.44. The van der Waals surface area contributed by atoms with Gasteiger partial charge in [0, 0.05) is 24.0 Å². The molecule has 19 heavy (non-hydrogen) atoms. The number of hydrogen-bond donors (Lipinski definition) is 2. The van der Waals surface area contributed by atoms with Gasteiger partial charge in [-0.25, -0.2) is 13.1 Å². The SMILES string of the molecule is O=C1CCC(CNS(=O)(=O)Cc2ccccc2Cl)N1. The van der Waals surface area contributed by atoms with E-state index in [1.54, 1.807) is 24.3 Å². The molecule has 2 N–H and O–H groups in total. The van der Waals surface area contributed by atoms with Gasteiger partial charge in [0.25, 0.3) is 0 Å². The van der Waals surface area contributed by atoms with Crippen molar-refractivity contribution in [2.45, 2.75) is 24.6 Å². The van der Waals surface area contributed by atoms with Crippen molar-refractivity contribution in [1.29, 1.82) is 0 Å². The van der Waals surface area contributed by atoms with Gasteiger partial charge in [-0.2, -0.15) is 0 Å². The highest BCUT2D eigenvalue weighted by Gasteiger charge is 2.22. The van der Waals surface area contributed by atoms with Crippen molar-refractivity contribution in [3.8, 4) is 0 Å². The zero-order valence-corrected chi connectivity index (χ0v) is 11.8. The maximum absolute atomic E-state index is 11.9. The molecule has 1 aromatic rings. The monoisotopic (exact) mass is 302 g/mol. The number of carbonyl (C=O) groups is 1. The third-order valence-electron chi connectivity index (χ3n) is 2.94. The summed E-state index contributed by atoms with van der Waals surface area (Å²) in [5, 5.41) is 3.14. The van der Waals surface area contributed by atoms with Gasteiger partial charge in [-0.3, -0.25) is 4.79 Å². The first-order valence-corrected chi connectivity index (χ1v) is 7.99. The molecule has 0 aliphatic carbocycles. The second-order valence-electron chi connectivity index (χ2n) is 4.50. The van der Waals surface area contributed by atoms with Crippen LogP contribution >= 0.6 is 11.6 Å². The van der Waals surface area contributed by atoms with E-state index < -0.39 is 10.0 Å². The molecule has 1 saturated heterocycles. The molecule has 5 nitrogen and oxygen atoms in total. The minimum absolute atomic E-state index is 0.0321. The number of rotatable bonds is 5. The highest BCUT2D eigenvalue weighted by Crippen LogP contribution is 2.17. The normalized spacial score (nSPS) is 19.4. The second-order valence-corrected chi connectivity index (χ2v) is 6.72. The van der Waals surface area contributed by atoms with E-state index in [0.717, 1.165) is 0 Å². The molecule has 1 unspecified atom stereocenters. The first-order chi connectivity index (χ1) is 8.96. The summed E-state index contributed by atoms with van der Waals surface area (Å²) in [6, 6.07) is 6.71. The van der Waals surface area contributed by atoms with Crippen LogP contribution in [0.4, 0.5) is 0 Å². The molecule has 7 heteroatoms. The van der Waals surface area contributed by atoms with Crippen molar-refractivity contribution in [3.63, 3.8) is 0 Å². The number of nitrogens with one attached hydrogen (secondary N) is 2. The van der Waals surface area contributed by atoms with Gasteiger partial charge in [0.15, 0.2) is 0 Å². The standard InChI is InChI=1S/C12H15ClN2O3S/c13-11-4-2-1-3-9(11)8-19(17,18)14-7-10-5-6-12(16)15-10/h1-4,10,14H,5-8H2,(H,15,16). The number of halogens is 1. The van der Waals surface area contributed by atoms with Crippen LogP contribution < -0.4 is 10.0 Å². The van der Waals surface area contributed by atoms with Gasteiger partial charge in [0.1, 0.15) is 0 Å². The molecule has 1 aliphatic rings. The fourth-order valence-corrected chi connectivity index (χ4v) is 3.43. The molecule has 0 bridgehead atoms. The van der Waals surface area contributed by atoms with Crippen LogP contribution in [-0.4, -0.2) is 26.9 Å². The van der Waals surface area contributed by atoms with Gasteiger partial charge in [-0.05, 0) is 18.1 Å². The predicted molar refractivity (Wildman–Crippen MR) is 73.2 cm³/mol. The van der Waals surface area contributed by atoms with Gasteiger partial charge in [-0.1, -0.05) is 29.8 Å². The molecule has 0 aromatic heterocycles. The van der Waals surface area contributed by atoms with Gasteiger partial charge in [-0.15, -0.1) is 0 Å². The van der Waals surface area contributed by atoms with Gasteiger partial charge < -0.3 is 5.32 Å². The van der Waals surface area contributed by atoms with Crippen molar-refractivity contribution in [1.82, 2.24) is 10.0 Å². The molecular weight excluding hydrogens is 288 g/mol. The Balaban J connectivity index is 1.92. The van der Waals surface area contributed by atoms with Gasteiger partial charge >= 0.3 is 0 Å². The van der Waals surface area contributed by atoms with Gasteiger partial charge in [0.2, 0.25) is 15.9 Å². The molecule has 0 spiro atoms. The van der Waals surface area contributed by atoms with E-state index in [1.807, 2.05) is 0 Å². The van der Waals surface area contributed by atoms with Crippen molar-refractivity contribution < 1.29 is 13.2 Å². The maximum Gasteiger partial charge on any atom is 0.220 e. The number of amides is 1. The quantitative estimate of drug-likeness (QED) is 0.853. The van der Waals surface area contributed by atoms with E-state index in [2.05, 4.69) is 10.0 Å². The lowest BCUT2D eigenvalue weighted by Crippen LogP contribution is -2.38. The summed E-state index contributed by atoms with van der Waals surface area (Å²) in [6.45, 7) is 0.221. The summed E-state index contributed by atoms with van der Waals surface area (Å²) in [4.78, 5) is 11.0. The third-order valence-corrected chi connectivity index (χ3v) is 4.60. The van der Waals surface area contributed by atoms with E-state index in [9.17, 15) is 13.2 Å². The van der Waals surface area contributed by atoms with E-state index in [1.165, 1.54) is 0 Å². The van der Waals surface area contributed by atoms with Crippen molar-refractivity contribution >= 4 is 27.5 Å². The Hall–Kier alpha value is -1.11. The largest absolute Gasteiger partial charge is 0.352 e. The van der Waals surface area contributed by atoms with E-state index in [4.69, 9.17) is 11.6 Å². The predicted octanol–water partition coefficient (Wildman–Crippen LogP) is 1.04. The van der Waals surface area contributed by atoms with Crippen LogP contribution in [0.5, 0.6) is 0 Å². The van der Waals surface area contributed by atoms with Crippen molar-refractivity contribution in [2.75, 3.05) is 6.54 Å². The van der Waals surface area contributed by atoms with Gasteiger partial charge in [0.05, 0.1) is 5.75 Å². The summed E-state index contributed by atoms with van der Waals surface area (Å²) in [5.41, 5.74) is 0.562. The Labute approximate surface area is 117 Å². The number of hydrogen-bond acceptors (Lipinski definition) is 3. The number of benzene rings is 1. The first-order valence-electron chi connectivity index (χ1n) is 5.96. The van der Waals surface area contributed by atoms with E-state index >= 15 is 0 Å². The molecule has 1 aromatic carbocycles. The smallest absolute Gasteiger partial charge is 0.220 e. The molecule has 1 atom stereocenters. The lowest BCUT2D eigenvalue weighted by Gasteiger charge is -2.12. The minimum atomic E-state index is -3.45. The molecule has 1 amide bonds. The molecule has 1 heterocycles. The van der Waals surface area contributed by atoms with Crippen LogP contribution in [-0.2, 0) is 20.6 Å². The summed E-state index contributed by atoms with van der Waals surface area (Å²) in [7, 11) is -3.45. The first kappa shape index (κ1) is 14.3. The van der Waals surface area contributed by atoms with Crippen LogP contribution in [0.15, 0.2) is 24.3 Å². The summed E-state index contributed by atoms with van der Waals surface area (Å²) in [5.74, 6) is -0.192.